The molecular formula is C14H22N2O. The Morgan fingerprint density at radius 2 is 2.06 bits per heavy atom. The standard InChI is InChI=1S/C14H22N2O/c1-10(2)7-14(17)16-11(3)13-6-4-5-12(8-13)9-15/h4-6,8,10-11H,7,9,15H2,1-3H3,(H,16,17). The Kier molecular flexibility index (Phi) is 5.16. The first-order chi connectivity index (χ1) is 8.02. The minimum absolute atomic E-state index is 0.0350. The van der Waals surface area contributed by atoms with Gasteiger partial charge in [0.05, 0.1) is 6.04 Å². The molecule has 0 aliphatic heterocycles. The number of amides is 1. The molecule has 0 bridgehead atoms. The van der Waals surface area contributed by atoms with Gasteiger partial charge in [-0.25, -0.2) is 0 Å². The molecule has 1 amide bonds. The fraction of sp³-hybridized carbons (Fsp3) is 0.500. The monoisotopic (exact) mass is 234 g/mol. The van der Waals surface area contributed by atoms with E-state index in [1.165, 1.54) is 0 Å². The summed E-state index contributed by atoms with van der Waals surface area (Å²) in [6.07, 6.45) is 0.570. The van der Waals surface area contributed by atoms with Crippen LogP contribution < -0.4 is 11.1 Å². The highest BCUT2D eigenvalue weighted by atomic mass is 16.1. The van der Waals surface area contributed by atoms with Gasteiger partial charge in [-0.1, -0.05) is 38.1 Å². The van der Waals surface area contributed by atoms with Gasteiger partial charge in [0.15, 0.2) is 0 Å². The molecule has 3 nitrogen and oxygen atoms in total. The van der Waals surface area contributed by atoms with Gasteiger partial charge in [-0.3, -0.25) is 4.79 Å². The van der Waals surface area contributed by atoms with Gasteiger partial charge >= 0.3 is 0 Å². The second-order valence-corrected chi connectivity index (χ2v) is 4.84. The van der Waals surface area contributed by atoms with E-state index in [1.54, 1.807) is 0 Å². The third-order valence-electron chi connectivity index (χ3n) is 2.66. The highest BCUT2D eigenvalue weighted by molar-refractivity contribution is 5.76. The minimum atomic E-state index is 0.0350. The minimum Gasteiger partial charge on any atom is -0.350 e. The second kappa shape index (κ2) is 6.40. The predicted octanol–water partition coefficient (Wildman–Crippen LogP) is 2.37. The summed E-state index contributed by atoms with van der Waals surface area (Å²) >= 11 is 0. The first kappa shape index (κ1) is 13.7. The van der Waals surface area contributed by atoms with E-state index in [9.17, 15) is 4.79 Å². The SMILES string of the molecule is CC(C)CC(=O)NC(C)c1cccc(CN)c1. The Bertz CT molecular complexity index is 374. The number of carbonyl (C=O) groups excluding carboxylic acids is 1. The molecule has 3 N–H and O–H groups in total. The van der Waals surface area contributed by atoms with Crippen LogP contribution in [0.4, 0.5) is 0 Å². The molecule has 0 aliphatic carbocycles. The molecule has 1 rings (SSSR count). The van der Waals surface area contributed by atoms with Gasteiger partial charge in [-0.05, 0) is 24.0 Å². The Balaban J connectivity index is 2.62. The highest BCUT2D eigenvalue weighted by Gasteiger charge is 2.10. The van der Waals surface area contributed by atoms with E-state index in [4.69, 9.17) is 5.73 Å². The summed E-state index contributed by atoms with van der Waals surface area (Å²) in [5.41, 5.74) is 7.79. The quantitative estimate of drug-likeness (QED) is 0.821. The first-order valence-corrected chi connectivity index (χ1v) is 6.11. The molecule has 0 saturated heterocycles. The van der Waals surface area contributed by atoms with Crippen molar-refractivity contribution in [3.63, 3.8) is 0 Å². The van der Waals surface area contributed by atoms with Crippen LogP contribution in [0.25, 0.3) is 0 Å². The fourth-order valence-corrected chi connectivity index (χ4v) is 1.74. The molecule has 0 spiro atoms. The number of hydrogen-bond acceptors (Lipinski definition) is 2. The van der Waals surface area contributed by atoms with Crippen molar-refractivity contribution in [1.82, 2.24) is 5.32 Å². The van der Waals surface area contributed by atoms with Gasteiger partial charge in [0, 0.05) is 13.0 Å². The third kappa shape index (κ3) is 4.57. The number of hydrogen-bond donors (Lipinski definition) is 2. The van der Waals surface area contributed by atoms with Crippen LogP contribution in [0.1, 0.15) is 44.4 Å². The van der Waals surface area contributed by atoms with E-state index >= 15 is 0 Å². The third-order valence-corrected chi connectivity index (χ3v) is 2.66. The lowest BCUT2D eigenvalue weighted by atomic mass is 10.0. The summed E-state index contributed by atoms with van der Waals surface area (Å²) in [6, 6.07) is 8.06. The molecule has 94 valence electrons. The van der Waals surface area contributed by atoms with E-state index < -0.39 is 0 Å². The normalized spacial score (nSPS) is 12.5. The van der Waals surface area contributed by atoms with Gasteiger partial charge in [0.1, 0.15) is 0 Å². The molecule has 1 unspecified atom stereocenters. The van der Waals surface area contributed by atoms with Crippen molar-refractivity contribution in [2.75, 3.05) is 0 Å². The van der Waals surface area contributed by atoms with Crippen LogP contribution in [0.3, 0.4) is 0 Å². The molecule has 0 radical (unpaired) electrons. The van der Waals surface area contributed by atoms with Crippen LogP contribution in [0.5, 0.6) is 0 Å². The summed E-state index contributed by atoms with van der Waals surface area (Å²) < 4.78 is 0. The smallest absolute Gasteiger partial charge is 0.220 e. The van der Waals surface area contributed by atoms with E-state index in [2.05, 4.69) is 5.32 Å². The Hall–Kier alpha value is -1.35. The van der Waals surface area contributed by atoms with Crippen LogP contribution in [-0.4, -0.2) is 5.91 Å². The second-order valence-electron chi connectivity index (χ2n) is 4.84. The summed E-state index contributed by atoms with van der Waals surface area (Å²) in [6.45, 7) is 6.60. The number of carbonyl (C=O) groups is 1. The summed E-state index contributed by atoms with van der Waals surface area (Å²) in [7, 11) is 0. The Morgan fingerprint density at radius 3 is 2.65 bits per heavy atom. The molecule has 3 heteroatoms. The zero-order chi connectivity index (χ0) is 12.8. The van der Waals surface area contributed by atoms with Crippen molar-refractivity contribution in [2.45, 2.75) is 39.8 Å². The summed E-state index contributed by atoms with van der Waals surface area (Å²) in [4.78, 5) is 11.7. The molecule has 0 aromatic heterocycles. The maximum absolute atomic E-state index is 11.7. The van der Waals surface area contributed by atoms with Crippen molar-refractivity contribution >= 4 is 5.91 Å². The van der Waals surface area contributed by atoms with E-state index in [-0.39, 0.29) is 11.9 Å². The number of nitrogens with one attached hydrogen (secondary N) is 1. The van der Waals surface area contributed by atoms with Crippen LogP contribution in [0.2, 0.25) is 0 Å². The highest BCUT2D eigenvalue weighted by Crippen LogP contribution is 2.14. The van der Waals surface area contributed by atoms with Gasteiger partial charge in [-0.15, -0.1) is 0 Å². The molecule has 0 heterocycles. The van der Waals surface area contributed by atoms with Crippen molar-refractivity contribution < 1.29 is 4.79 Å². The Labute approximate surface area is 103 Å². The van der Waals surface area contributed by atoms with Crippen LogP contribution in [0.15, 0.2) is 24.3 Å². The lowest BCUT2D eigenvalue weighted by Crippen LogP contribution is -2.27. The van der Waals surface area contributed by atoms with Crippen LogP contribution >= 0.6 is 0 Å². The average molecular weight is 234 g/mol. The van der Waals surface area contributed by atoms with Gasteiger partial charge in [0.2, 0.25) is 5.91 Å². The first-order valence-electron chi connectivity index (χ1n) is 6.11. The molecule has 1 aromatic carbocycles. The average Bonchev–Trinajstić information content (AvgIpc) is 2.27. The molecule has 1 atom stereocenters. The Morgan fingerprint density at radius 1 is 1.35 bits per heavy atom. The van der Waals surface area contributed by atoms with Crippen LogP contribution in [0, 0.1) is 5.92 Å². The molecule has 0 aliphatic rings. The van der Waals surface area contributed by atoms with Crippen molar-refractivity contribution in [1.29, 1.82) is 0 Å². The molecule has 1 aromatic rings. The van der Waals surface area contributed by atoms with E-state index in [1.807, 2.05) is 45.0 Å². The lowest BCUT2D eigenvalue weighted by molar-refractivity contribution is -0.122. The van der Waals surface area contributed by atoms with Crippen molar-refractivity contribution in [3.05, 3.63) is 35.4 Å². The van der Waals surface area contributed by atoms with E-state index in [0.29, 0.717) is 18.9 Å². The largest absolute Gasteiger partial charge is 0.350 e. The van der Waals surface area contributed by atoms with Crippen molar-refractivity contribution in [2.24, 2.45) is 11.7 Å². The lowest BCUT2D eigenvalue weighted by Gasteiger charge is -2.16. The zero-order valence-electron chi connectivity index (χ0n) is 10.9. The molecule has 17 heavy (non-hydrogen) atoms. The van der Waals surface area contributed by atoms with Gasteiger partial charge < -0.3 is 11.1 Å². The predicted molar refractivity (Wildman–Crippen MR) is 70.3 cm³/mol. The maximum Gasteiger partial charge on any atom is 0.220 e. The number of benzene rings is 1. The zero-order valence-corrected chi connectivity index (χ0v) is 10.9. The molecule has 0 saturated carbocycles. The topological polar surface area (TPSA) is 55.1 Å². The van der Waals surface area contributed by atoms with Gasteiger partial charge in [-0.2, -0.15) is 0 Å². The van der Waals surface area contributed by atoms with Crippen molar-refractivity contribution in [3.8, 4) is 0 Å². The van der Waals surface area contributed by atoms with Gasteiger partial charge in [0.25, 0.3) is 0 Å². The molecule has 0 fully saturated rings. The molecular weight excluding hydrogens is 212 g/mol. The maximum atomic E-state index is 11.7. The van der Waals surface area contributed by atoms with E-state index in [0.717, 1.165) is 11.1 Å². The van der Waals surface area contributed by atoms with Crippen LogP contribution in [-0.2, 0) is 11.3 Å². The number of rotatable bonds is 5. The number of nitrogens with two attached hydrogens (primary N) is 1. The summed E-state index contributed by atoms with van der Waals surface area (Å²) in [5.74, 6) is 0.489. The summed E-state index contributed by atoms with van der Waals surface area (Å²) in [5, 5.41) is 3.00. The fourth-order valence-electron chi connectivity index (χ4n) is 1.74.